The first-order chi connectivity index (χ1) is 7.61. The summed E-state index contributed by atoms with van der Waals surface area (Å²) in [6, 6.07) is 5.44. The number of nitrogens with zero attached hydrogens (tertiary/aromatic N) is 2. The fraction of sp³-hybridized carbons (Fsp3) is 0.273. The van der Waals surface area contributed by atoms with Crippen molar-refractivity contribution in [2.45, 2.75) is 6.92 Å². The average molecular weight is 222 g/mol. The summed E-state index contributed by atoms with van der Waals surface area (Å²) >= 11 is 0. The molecule has 1 N–H and O–H groups in total. The van der Waals surface area contributed by atoms with Gasteiger partial charge in [0.05, 0.1) is 6.07 Å². The molecule has 0 aliphatic rings. The zero-order valence-electron chi connectivity index (χ0n) is 8.77. The first-order valence-corrected chi connectivity index (χ1v) is 4.75. The van der Waals surface area contributed by atoms with Gasteiger partial charge in [-0.15, -0.1) is 0 Å². The Bertz CT molecular complexity index is 420. The van der Waals surface area contributed by atoms with Crippen molar-refractivity contribution in [3.8, 4) is 11.8 Å². The van der Waals surface area contributed by atoms with E-state index in [1.54, 1.807) is 6.92 Å². The Hall–Kier alpha value is -2.09. The Kier molecular flexibility index (Phi) is 3.84. The Morgan fingerprint density at radius 1 is 1.62 bits per heavy atom. The van der Waals surface area contributed by atoms with E-state index in [4.69, 9.17) is 5.26 Å². The number of nitriles is 1. The third kappa shape index (κ3) is 2.28. The lowest BCUT2D eigenvalue weighted by molar-refractivity contribution is 0.0776. The lowest BCUT2D eigenvalue weighted by Crippen LogP contribution is -2.31. The molecule has 0 unspecified atom stereocenters. The fourth-order valence-corrected chi connectivity index (χ4v) is 1.30. The van der Waals surface area contributed by atoms with Gasteiger partial charge in [-0.1, -0.05) is 6.07 Å². The number of phenols is 1. The second kappa shape index (κ2) is 5.12. The van der Waals surface area contributed by atoms with Crippen LogP contribution in [0.5, 0.6) is 5.75 Å². The summed E-state index contributed by atoms with van der Waals surface area (Å²) in [7, 11) is 0. The number of rotatable bonds is 3. The number of halogens is 1. The van der Waals surface area contributed by atoms with Gasteiger partial charge >= 0.3 is 0 Å². The van der Waals surface area contributed by atoms with E-state index < -0.39 is 17.5 Å². The molecule has 0 aliphatic heterocycles. The van der Waals surface area contributed by atoms with E-state index >= 15 is 0 Å². The Labute approximate surface area is 92.5 Å². The van der Waals surface area contributed by atoms with Gasteiger partial charge in [-0.2, -0.15) is 5.26 Å². The van der Waals surface area contributed by atoms with Gasteiger partial charge in [0.2, 0.25) is 0 Å². The molecule has 16 heavy (non-hydrogen) atoms. The topological polar surface area (TPSA) is 64.3 Å². The second-order valence-electron chi connectivity index (χ2n) is 3.11. The maximum atomic E-state index is 13.3. The molecule has 4 nitrogen and oxygen atoms in total. The predicted octanol–water partition coefficient (Wildman–Crippen LogP) is 1.52. The maximum Gasteiger partial charge on any atom is 0.261 e. The van der Waals surface area contributed by atoms with Crippen molar-refractivity contribution in [3.05, 3.63) is 29.6 Å². The number of phenolic OH excluding ortho intramolecular Hbond substituents is 1. The zero-order chi connectivity index (χ0) is 12.1. The van der Waals surface area contributed by atoms with Gasteiger partial charge in [-0.05, 0) is 19.1 Å². The highest BCUT2D eigenvalue weighted by Gasteiger charge is 2.21. The molecule has 84 valence electrons. The zero-order valence-corrected chi connectivity index (χ0v) is 8.77. The standard InChI is InChI=1S/C11H11FN2O2/c1-2-14(7-6-13)11(16)10-8(12)4-3-5-9(10)15/h3-5,15H,2,7H2,1H3. The van der Waals surface area contributed by atoms with Crippen molar-refractivity contribution in [3.63, 3.8) is 0 Å². The summed E-state index contributed by atoms with van der Waals surface area (Å²) in [5.41, 5.74) is -0.389. The molecular weight excluding hydrogens is 211 g/mol. The van der Waals surface area contributed by atoms with Crippen LogP contribution in [0.1, 0.15) is 17.3 Å². The van der Waals surface area contributed by atoms with Gasteiger partial charge < -0.3 is 10.0 Å². The number of amides is 1. The van der Waals surface area contributed by atoms with Gasteiger partial charge in [0.15, 0.2) is 0 Å². The molecule has 0 bridgehead atoms. The number of carbonyl (C=O) groups is 1. The van der Waals surface area contributed by atoms with Crippen LogP contribution in [0.2, 0.25) is 0 Å². The van der Waals surface area contributed by atoms with Crippen LogP contribution in [0, 0.1) is 17.1 Å². The average Bonchev–Trinajstić information content (AvgIpc) is 2.25. The van der Waals surface area contributed by atoms with Crippen LogP contribution >= 0.6 is 0 Å². The minimum Gasteiger partial charge on any atom is -0.507 e. The Morgan fingerprint density at radius 3 is 2.81 bits per heavy atom. The quantitative estimate of drug-likeness (QED) is 0.788. The van der Waals surface area contributed by atoms with Gasteiger partial charge in [0, 0.05) is 6.54 Å². The second-order valence-corrected chi connectivity index (χ2v) is 3.11. The van der Waals surface area contributed by atoms with Crippen LogP contribution in [-0.4, -0.2) is 29.0 Å². The molecule has 0 heterocycles. The molecule has 0 spiro atoms. The molecule has 0 saturated carbocycles. The summed E-state index contributed by atoms with van der Waals surface area (Å²) in [6.07, 6.45) is 0. The molecule has 0 aromatic heterocycles. The smallest absolute Gasteiger partial charge is 0.261 e. The summed E-state index contributed by atoms with van der Waals surface area (Å²) in [6.45, 7) is 1.82. The van der Waals surface area contributed by atoms with E-state index in [9.17, 15) is 14.3 Å². The van der Waals surface area contributed by atoms with Crippen LogP contribution in [0.3, 0.4) is 0 Å². The molecule has 0 aliphatic carbocycles. The molecule has 1 aromatic rings. The van der Waals surface area contributed by atoms with E-state index in [0.29, 0.717) is 0 Å². The SMILES string of the molecule is CCN(CC#N)C(=O)c1c(O)cccc1F. The minimum absolute atomic E-state index is 0.136. The van der Waals surface area contributed by atoms with Crippen LogP contribution in [0.25, 0.3) is 0 Å². The minimum atomic E-state index is -0.790. The molecule has 0 atom stereocenters. The predicted molar refractivity (Wildman–Crippen MR) is 55.3 cm³/mol. The van der Waals surface area contributed by atoms with Gasteiger partial charge in [0.1, 0.15) is 23.7 Å². The third-order valence-corrected chi connectivity index (χ3v) is 2.14. The summed E-state index contributed by atoms with van der Waals surface area (Å²) < 4.78 is 13.3. The largest absolute Gasteiger partial charge is 0.507 e. The van der Waals surface area contributed by atoms with Crippen LogP contribution in [0.4, 0.5) is 4.39 Å². The lowest BCUT2D eigenvalue weighted by Gasteiger charge is -2.17. The molecule has 1 rings (SSSR count). The molecule has 0 radical (unpaired) electrons. The number of carbonyl (C=O) groups excluding carboxylic acids is 1. The van der Waals surface area contributed by atoms with Gasteiger partial charge in [0.25, 0.3) is 5.91 Å². The highest BCUT2D eigenvalue weighted by Crippen LogP contribution is 2.21. The van der Waals surface area contributed by atoms with E-state index in [0.717, 1.165) is 11.0 Å². The van der Waals surface area contributed by atoms with Gasteiger partial charge in [-0.25, -0.2) is 4.39 Å². The van der Waals surface area contributed by atoms with E-state index in [1.807, 2.05) is 6.07 Å². The van der Waals surface area contributed by atoms with E-state index in [-0.39, 0.29) is 18.7 Å². The Morgan fingerprint density at radius 2 is 2.31 bits per heavy atom. The number of aromatic hydroxyl groups is 1. The molecule has 0 saturated heterocycles. The van der Waals surface area contributed by atoms with Crippen molar-refractivity contribution in [1.29, 1.82) is 5.26 Å². The Balaban J connectivity index is 3.09. The number of benzene rings is 1. The highest BCUT2D eigenvalue weighted by molar-refractivity contribution is 5.97. The first kappa shape index (κ1) is 12.0. The molecule has 5 heteroatoms. The fourth-order valence-electron chi connectivity index (χ4n) is 1.30. The van der Waals surface area contributed by atoms with Crippen molar-refractivity contribution < 1.29 is 14.3 Å². The summed E-state index contributed by atoms with van der Waals surface area (Å²) in [5, 5.41) is 17.9. The summed E-state index contributed by atoms with van der Waals surface area (Å²) in [4.78, 5) is 12.9. The third-order valence-electron chi connectivity index (χ3n) is 2.14. The molecular formula is C11H11FN2O2. The van der Waals surface area contributed by atoms with E-state index in [2.05, 4.69) is 0 Å². The molecule has 1 aromatic carbocycles. The lowest BCUT2D eigenvalue weighted by atomic mass is 10.1. The highest BCUT2D eigenvalue weighted by atomic mass is 19.1. The van der Waals surface area contributed by atoms with Crippen molar-refractivity contribution in [2.75, 3.05) is 13.1 Å². The first-order valence-electron chi connectivity index (χ1n) is 4.75. The van der Waals surface area contributed by atoms with Crippen LogP contribution in [0.15, 0.2) is 18.2 Å². The monoisotopic (exact) mass is 222 g/mol. The number of hydrogen-bond donors (Lipinski definition) is 1. The molecule has 1 amide bonds. The van der Waals surface area contributed by atoms with E-state index in [1.165, 1.54) is 12.1 Å². The molecule has 0 fully saturated rings. The summed E-state index contributed by atoms with van der Waals surface area (Å²) in [5.74, 6) is -1.89. The van der Waals surface area contributed by atoms with Crippen molar-refractivity contribution in [2.24, 2.45) is 0 Å². The van der Waals surface area contributed by atoms with Crippen LogP contribution < -0.4 is 0 Å². The number of hydrogen-bond acceptors (Lipinski definition) is 3. The normalized spacial score (nSPS) is 9.56. The van der Waals surface area contributed by atoms with Crippen LogP contribution in [-0.2, 0) is 0 Å². The van der Waals surface area contributed by atoms with Crippen molar-refractivity contribution in [1.82, 2.24) is 4.90 Å². The van der Waals surface area contributed by atoms with Gasteiger partial charge in [-0.3, -0.25) is 4.79 Å². The van der Waals surface area contributed by atoms with Crippen molar-refractivity contribution >= 4 is 5.91 Å². The maximum absolute atomic E-state index is 13.3.